The fourth-order valence-corrected chi connectivity index (χ4v) is 1.41. The van der Waals surface area contributed by atoms with Gasteiger partial charge in [0.15, 0.2) is 0 Å². The predicted molar refractivity (Wildman–Crippen MR) is 63.8 cm³/mol. The first kappa shape index (κ1) is 17.2. The second-order valence-electron chi connectivity index (χ2n) is 4.44. The summed E-state index contributed by atoms with van der Waals surface area (Å²) in [7, 11) is 0. The summed E-state index contributed by atoms with van der Waals surface area (Å²) in [6.45, 7) is 2.53. The number of benzene rings is 1. The molecule has 0 saturated heterocycles. The SMILES string of the molecule is C/C(N)=C(\C)OCc1cc(C(F)(F)F)cc(C(F)(F)F)c1. The van der Waals surface area contributed by atoms with Crippen LogP contribution in [0.4, 0.5) is 26.3 Å². The van der Waals surface area contributed by atoms with E-state index in [4.69, 9.17) is 10.5 Å². The van der Waals surface area contributed by atoms with Gasteiger partial charge in [-0.15, -0.1) is 0 Å². The zero-order valence-electron chi connectivity index (χ0n) is 11.2. The summed E-state index contributed by atoms with van der Waals surface area (Å²) in [4.78, 5) is 0. The van der Waals surface area contributed by atoms with Gasteiger partial charge in [0.1, 0.15) is 12.4 Å². The number of alkyl halides is 6. The van der Waals surface area contributed by atoms with E-state index < -0.39 is 30.1 Å². The first-order chi connectivity index (χ1) is 9.41. The first-order valence-electron chi connectivity index (χ1n) is 5.75. The maximum atomic E-state index is 12.6. The van der Waals surface area contributed by atoms with Crippen LogP contribution in [-0.4, -0.2) is 0 Å². The van der Waals surface area contributed by atoms with E-state index in [1.165, 1.54) is 13.8 Å². The van der Waals surface area contributed by atoms with Gasteiger partial charge in [-0.05, 0) is 37.6 Å². The highest BCUT2D eigenvalue weighted by molar-refractivity contribution is 5.33. The summed E-state index contributed by atoms with van der Waals surface area (Å²) in [6, 6.07) is 1.31. The first-order valence-corrected chi connectivity index (χ1v) is 5.75. The minimum Gasteiger partial charge on any atom is -0.492 e. The van der Waals surface area contributed by atoms with Crippen molar-refractivity contribution in [2.24, 2.45) is 5.73 Å². The van der Waals surface area contributed by atoms with Crippen molar-refractivity contribution < 1.29 is 31.1 Å². The molecule has 0 radical (unpaired) electrons. The Morgan fingerprint density at radius 3 is 1.71 bits per heavy atom. The van der Waals surface area contributed by atoms with Crippen molar-refractivity contribution in [2.75, 3.05) is 0 Å². The third kappa shape index (κ3) is 4.87. The average Bonchev–Trinajstić information content (AvgIpc) is 2.33. The lowest BCUT2D eigenvalue weighted by Gasteiger charge is -2.15. The van der Waals surface area contributed by atoms with Crippen molar-refractivity contribution in [2.45, 2.75) is 32.8 Å². The third-order valence-corrected chi connectivity index (χ3v) is 2.66. The molecule has 0 fully saturated rings. The van der Waals surface area contributed by atoms with Gasteiger partial charge in [-0.1, -0.05) is 0 Å². The second-order valence-corrected chi connectivity index (χ2v) is 4.44. The van der Waals surface area contributed by atoms with E-state index >= 15 is 0 Å². The van der Waals surface area contributed by atoms with E-state index in [0.717, 1.165) is 0 Å². The lowest BCUT2D eigenvalue weighted by Crippen LogP contribution is -2.12. The molecule has 1 rings (SSSR count). The van der Waals surface area contributed by atoms with Crippen LogP contribution < -0.4 is 5.73 Å². The van der Waals surface area contributed by atoms with Crippen LogP contribution in [0.5, 0.6) is 0 Å². The van der Waals surface area contributed by atoms with Crippen LogP contribution in [0.2, 0.25) is 0 Å². The molecule has 0 aromatic heterocycles. The van der Waals surface area contributed by atoms with Gasteiger partial charge >= 0.3 is 12.4 Å². The van der Waals surface area contributed by atoms with Crippen molar-refractivity contribution in [3.63, 3.8) is 0 Å². The molecular weight excluding hydrogens is 300 g/mol. The third-order valence-electron chi connectivity index (χ3n) is 2.66. The van der Waals surface area contributed by atoms with Crippen LogP contribution in [0.25, 0.3) is 0 Å². The Kier molecular flexibility index (Phi) is 4.80. The summed E-state index contributed by atoms with van der Waals surface area (Å²) < 4.78 is 80.8. The normalized spacial score (nSPS) is 13.9. The molecule has 0 bridgehead atoms. The summed E-state index contributed by atoms with van der Waals surface area (Å²) in [5.41, 5.74) is 2.70. The lowest BCUT2D eigenvalue weighted by atomic mass is 10.1. The van der Waals surface area contributed by atoms with Crippen LogP contribution in [0.1, 0.15) is 30.5 Å². The molecular formula is C13H13F6NO. The molecule has 0 spiro atoms. The number of nitrogens with two attached hydrogens (primary N) is 1. The maximum absolute atomic E-state index is 12.6. The van der Waals surface area contributed by atoms with E-state index in [-0.39, 0.29) is 23.1 Å². The average molecular weight is 313 g/mol. The fraction of sp³-hybridized carbons (Fsp3) is 0.385. The van der Waals surface area contributed by atoms with Gasteiger partial charge < -0.3 is 10.5 Å². The van der Waals surface area contributed by atoms with Gasteiger partial charge in [-0.3, -0.25) is 0 Å². The molecule has 0 atom stereocenters. The Hall–Kier alpha value is -1.86. The number of rotatable bonds is 3. The Morgan fingerprint density at radius 1 is 0.952 bits per heavy atom. The van der Waals surface area contributed by atoms with Crippen molar-refractivity contribution >= 4 is 0 Å². The predicted octanol–water partition coefficient (Wildman–Crippen LogP) is 4.45. The molecule has 8 heteroatoms. The van der Waals surface area contributed by atoms with Crippen LogP contribution in [-0.2, 0) is 23.7 Å². The van der Waals surface area contributed by atoms with E-state index in [1.807, 2.05) is 0 Å². The van der Waals surface area contributed by atoms with E-state index in [0.29, 0.717) is 12.1 Å². The highest BCUT2D eigenvalue weighted by Crippen LogP contribution is 2.36. The summed E-state index contributed by atoms with van der Waals surface area (Å²) in [6.07, 6.45) is -9.74. The molecule has 0 aliphatic rings. The molecule has 21 heavy (non-hydrogen) atoms. The van der Waals surface area contributed by atoms with Crippen LogP contribution in [0, 0.1) is 0 Å². The largest absolute Gasteiger partial charge is 0.492 e. The fourth-order valence-electron chi connectivity index (χ4n) is 1.41. The molecule has 0 aliphatic carbocycles. The van der Waals surface area contributed by atoms with Gasteiger partial charge in [0.25, 0.3) is 0 Å². The van der Waals surface area contributed by atoms with Gasteiger partial charge in [-0.25, -0.2) is 0 Å². The molecule has 2 nitrogen and oxygen atoms in total. The zero-order valence-corrected chi connectivity index (χ0v) is 11.2. The number of hydrogen-bond donors (Lipinski definition) is 1. The second kappa shape index (κ2) is 5.87. The van der Waals surface area contributed by atoms with Crippen molar-refractivity contribution in [3.8, 4) is 0 Å². The summed E-state index contributed by atoms with van der Waals surface area (Å²) in [5, 5.41) is 0. The Bertz CT molecular complexity index is 508. The number of halogens is 6. The zero-order chi connectivity index (χ0) is 16.4. The topological polar surface area (TPSA) is 35.2 Å². The quantitative estimate of drug-likeness (QED) is 0.661. The van der Waals surface area contributed by atoms with E-state index in [1.54, 1.807) is 0 Å². The molecule has 0 aliphatic heterocycles. The minimum atomic E-state index is -4.87. The molecule has 1 aromatic carbocycles. The molecule has 2 N–H and O–H groups in total. The van der Waals surface area contributed by atoms with Crippen molar-refractivity contribution in [1.29, 1.82) is 0 Å². The standard InChI is InChI=1S/C13H13F6NO/c1-7(20)8(2)21-6-9-3-10(12(14,15)16)5-11(4-9)13(17,18)19/h3-5H,6,20H2,1-2H3/b8-7-. The van der Waals surface area contributed by atoms with Gasteiger partial charge in [0, 0.05) is 5.70 Å². The molecule has 118 valence electrons. The maximum Gasteiger partial charge on any atom is 0.416 e. The minimum absolute atomic E-state index is 0.0698. The number of hydrogen-bond acceptors (Lipinski definition) is 2. The summed E-state index contributed by atoms with van der Waals surface area (Å²) in [5.74, 6) is 0.237. The Balaban J connectivity index is 3.17. The molecule has 0 unspecified atom stereocenters. The Labute approximate surface area is 117 Å². The van der Waals surface area contributed by atoms with Gasteiger partial charge in [-0.2, -0.15) is 26.3 Å². The Morgan fingerprint density at radius 2 is 1.38 bits per heavy atom. The molecule has 0 heterocycles. The summed E-state index contributed by atoms with van der Waals surface area (Å²) >= 11 is 0. The van der Waals surface area contributed by atoms with Crippen LogP contribution in [0.15, 0.2) is 29.7 Å². The van der Waals surface area contributed by atoms with Crippen molar-refractivity contribution in [3.05, 3.63) is 46.3 Å². The van der Waals surface area contributed by atoms with Crippen LogP contribution >= 0.6 is 0 Å². The van der Waals surface area contributed by atoms with E-state index in [9.17, 15) is 26.3 Å². The highest BCUT2D eigenvalue weighted by Gasteiger charge is 2.36. The van der Waals surface area contributed by atoms with Gasteiger partial charge in [0.2, 0.25) is 0 Å². The van der Waals surface area contributed by atoms with E-state index in [2.05, 4.69) is 0 Å². The number of allylic oxidation sites excluding steroid dienone is 2. The monoisotopic (exact) mass is 313 g/mol. The molecule has 1 aromatic rings. The smallest absolute Gasteiger partial charge is 0.416 e. The highest BCUT2D eigenvalue weighted by atomic mass is 19.4. The molecule has 0 saturated carbocycles. The van der Waals surface area contributed by atoms with Crippen molar-refractivity contribution in [1.82, 2.24) is 0 Å². The molecule has 0 amide bonds. The number of ether oxygens (including phenoxy) is 1. The van der Waals surface area contributed by atoms with Crippen LogP contribution in [0.3, 0.4) is 0 Å². The van der Waals surface area contributed by atoms with Gasteiger partial charge in [0.05, 0.1) is 11.1 Å². The lowest BCUT2D eigenvalue weighted by molar-refractivity contribution is -0.143.